The fourth-order valence-corrected chi connectivity index (χ4v) is 2.04. The average molecular weight is 291 g/mol. The van der Waals surface area contributed by atoms with Gasteiger partial charge in [-0.25, -0.2) is 0 Å². The fraction of sp³-hybridized carbons (Fsp3) is 0. The van der Waals surface area contributed by atoms with Crippen molar-refractivity contribution in [3.05, 3.63) is 73.2 Å². The van der Waals surface area contributed by atoms with Gasteiger partial charge < -0.3 is 11.5 Å². The van der Waals surface area contributed by atoms with E-state index in [2.05, 4.69) is 9.97 Å². The van der Waals surface area contributed by atoms with E-state index in [1.165, 1.54) is 0 Å². The number of nitrogens with two attached hydrogens (primary N) is 2. The smallest absolute Gasteiger partial charge is 0.0840 e. The van der Waals surface area contributed by atoms with E-state index in [-0.39, 0.29) is 18.4 Å². The molecule has 0 aliphatic heterocycles. The van der Waals surface area contributed by atoms with Gasteiger partial charge in [0.2, 0.25) is 0 Å². The van der Waals surface area contributed by atoms with E-state index in [0.29, 0.717) is 16.8 Å². The first-order valence-corrected chi connectivity index (χ1v) is 6.67. The second-order valence-corrected chi connectivity index (χ2v) is 4.76. The van der Waals surface area contributed by atoms with E-state index in [1.54, 1.807) is 36.7 Å². The fourth-order valence-electron chi connectivity index (χ4n) is 2.04. The topological polar surface area (TPSA) is 77.8 Å². The minimum Gasteiger partial charge on any atom is -0.399 e. The highest BCUT2D eigenvalue weighted by Crippen LogP contribution is 2.15. The van der Waals surface area contributed by atoms with Crippen LogP contribution in [0.25, 0.3) is 21.5 Å². The lowest BCUT2D eigenvalue weighted by Crippen LogP contribution is -1.83. The van der Waals surface area contributed by atoms with Crippen LogP contribution in [-0.4, -0.2) is 9.97 Å². The molecular formula is C18H16N4. The number of nitrogens with zero attached hydrogens (tertiary/aromatic N) is 2. The third kappa shape index (κ3) is 3.12. The summed E-state index contributed by atoms with van der Waals surface area (Å²) < 4.78 is 22.2. The SMILES string of the molecule is [2H]c1cc2cc(N)ccc2cn1.[2H]c1ncc2ccc(N)cc2c1[2H]. The zero-order valence-electron chi connectivity index (χ0n) is 14.7. The molecule has 0 amide bonds. The monoisotopic (exact) mass is 291 g/mol. The molecule has 22 heavy (non-hydrogen) atoms. The van der Waals surface area contributed by atoms with Gasteiger partial charge in [-0.15, -0.1) is 0 Å². The number of rotatable bonds is 0. The number of nitrogen functional groups attached to an aromatic ring is 2. The first-order valence-electron chi connectivity index (χ1n) is 8.17. The van der Waals surface area contributed by atoms with Crippen LogP contribution in [0.1, 0.15) is 4.11 Å². The lowest BCUT2D eigenvalue weighted by molar-refractivity contribution is 1.36. The first-order chi connectivity index (χ1) is 11.9. The number of pyridine rings is 2. The molecule has 0 aliphatic rings. The van der Waals surface area contributed by atoms with Crippen LogP contribution in [0, 0.1) is 0 Å². The number of anilines is 2. The molecule has 4 aromatic rings. The van der Waals surface area contributed by atoms with Gasteiger partial charge in [0.1, 0.15) is 0 Å². The number of hydrogen-bond donors (Lipinski definition) is 2. The third-order valence-electron chi connectivity index (χ3n) is 3.15. The Hall–Kier alpha value is -3.14. The molecule has 0 saturated carbocycles. The largest absolute Gasteiger partial charge is 0.399 e. The summed E-state index contributed by atoms with van der Waals surface area (Å²) in [5.41, 5.74) is 12.5. The van der Waals surface area contributed by atoms with Crippen molar-refractivity contribution in [1.82, 2.24) is 9.97 Å². The van der Waals surface area contributed by atoms with E-state index in [0.717, 1.165) is 16.2 Å². The number of fused-ring (bicyclic) bond motifs is 2. The van der Waals surface area contributed by atoms with E-state index in [9.17, 15) is 0 Å². The standard InChI is InChI=1S/2C9H8N2/c2*10-9-2-1-8-6-11-4-3-7(8)5-9/h2*1-6H,10H2/i3D,4D;4D. The summed E-state index contributed by atoms with van der Waals surface area (Å²) in [6, 6.07) is 12.6. The predicted molar refractivity (Wildman–Crippen MR) is 92.3 cm³/mol. The molecule has 4 nitrogen and oxygen atoms in total. The molecule has 0 spiro atoms. The summed E-state index contributed by atoms with van der Waals surface area (Å²) in [5.74, 6) is 0. The first kappa shape index (κ1) is 10.6. The Morgan fingerprint density at radius 1 is 0.682 bits per heavy atom. The number of hydrogen-bond acceptors (Lipinski definition) is 4. The van der Waals surface area contributed by atoms with Gasteiger partial charge in [-0.2, -0.15) is 0 Å². The van der Waals surface area contributed by atoms with Crippen molar-refractivity contribution in [2.75, 3.05) is 11.5 Å². The summed E-state index contributed by atoms with van der Waals surface area (Å²) in [4.78, 5) is 7.64. The van der Waals surface area contributed by atoms with Crippen molar-refractivity contribution in [1.29, 1.82) is 0 Å². The van der Waals surface area contributed by atoms with E-state index >= 15 is 0 Å². The number of aromatic nitrogens is 2. The second-order valence-electron chi connectivity index (χ2n) is 4.76. The second kappa shape index (κ2) is 6.10. The molecule has 0 aliphatic carbocycles. The van der Waals surface area contributed by atoms with Gasteiger partial charge in [-0.05, 0) is 47.1 Å². The Morgan fingerprint density at radius 3 is 2.00 bits per heavy atom. The maximum absolute atomic E-state index is 7.58. The molecule has 0 fully saturated rings. The Kier molecular flexibility index (Phi) is 2.93. The van der Waals surface area contributed by atoms with E-state index < -0.39 is 0 Å². The van der Waals surface area contributed by atoms with Crippen molar-refractivity contribution in [2.45, 2.75) is 0 Å². The molecule has 2 aromatic heterocycles. The van der Waals surface area contributed by atoms with Crippen molar-refractivity contribution in [3.63, 3.8) is 0 Å². The van der Waals surface area contributed by atoms with Gasteiger partial charge >= 0.3 is 0 Å². The Balaban J connectivity index is 0.000000146. The van der Waals surface area contributed by atoms with Crippen LogP contribution in [-0.2, 0) is 0 Å². The van der Waals surface area contributed by atoms with Crippen LogP contribution >= 0.6 is 0 Å². The quantitative estimate of drug-likeness (QED) is 0.485. The lowest BCUT2D eigenvalue weighted by Gasteiger charge is -1.96. The highest BCUT2D eigenvalue weighted by Gasteiger charge is 1.91. The molecule has 108 valence electrons. The van der Waals surface area contributed by atoms with Crippen LogP contribution in [0.2, 0.25) is 0 Å². The summed E-state index contributed by atoms with van der Waals surface area (Å²) in [6.45, 7) is 0. The third-order valence-corrected chi connectivity index (χ3v) is 3.15. The molecule has 0 bridgehead atoms. The molecule has 4 rings (SSSR count). The van der Waals surface area contributed by atoms with Gasteiger partial charge in [-0.3, -0.25) is 9.97 Å². The molecule has 0 radical (unpaired) electrons. The maximum atomic E-state index is 7.58. The van der Waals surface area contributed by atoms with Crippen molar-refractivity contribution in [3.8, 4) is 0 Å². The van der Waals surface area contributed by atoms with Crippen LogP contribution in [0.4, 0.5) is 11.4 Å². The normalized spacial score (nSPS) is 12.1. The van der Waals surface area contributed by atoms with Crippen LogP contribution in [0.15, 0.2) is 73.2 Å². The molecule has 4 heteroatoms. The van der Waals surface area contributed by atoms with Crippen molar-refractivity contribution >= 4 is 32.9 Å². The molecule has 2 heterocycles. The average Bonchev–Trinajstić information content (AvgIpc) is 2.59. The molecule has 0 saturated heterocycles. The zero-order chi connectivity index (χ0) is 18.0. The van der Waals surface area contributed by atoms with Crippen LogP contribution in [0.5, 0.6) is 0 Å². The Morgan fingerprint density at radius 2 is 1.27 bits per heavy atom. The highest BCUT2D eigenvalue weighted by atomic mass is 14.6. The summed E-state index contributed by atoms with van der Waals surface area (Å²) >= 11 is 0. The Bertz CT molecular complexity index is 1020. The molecular weight excluding hydrogens is 272 g/mol. The summed E-state index contributed by atoms with van der Waals surface area (Å²) in [7, 11) is 0. The van der Waals surface area contributed by atoms with E-state index in [1.807, 2.05) is 18.2 Å². The van der Waals surface area contributed by atoms with Gasteiger partial charge in [0.25, 0.3) is 0 Å². The minimum atomic E-state index is -0.0156. The zero-order valence-corrected chi connectivity index (χ0v) is 11.7. The molecule has 4 N–H and O–H groups in total. The molecule has 0 atom stereocenters. The van der Waals surface area contributed by atoms with Crippen LogP contribution < -0.4 is 11.5 Å². The lowest BCUT2D eigenvalue weighted by atomic mass is 10.2. The highest BCUT2D eigenvalue weighted by molar-refractivity contribution is 5.84. The minimum absolute atomic E-state index is 0.0156. The number of benzene rings is 2. The van der Waals surface area contributed by atoms with E-state index in [4.69, 9.17) is 15.6 Å². The molecule has 2 aromatic carbocycles. The summed E-state index contributed by atoms with van der Waals surface area (Å²) in [6.07, 6.45) is 3.51. The van der Waals surface area contributed by atoms with Gasteiger partial charge in [-0.1, -0.05) is 12.1 Å². The Labute approximate surface area is 132 Å². The molecule has 0 unspecified atom stereocenters. The maximum Gasteiger partial charge on any atom is 0.0840 e. The predicted octanol–water partition coefficient (Wildman–Crippen LogP) is 3.63. The van der Waals surface area contributed by atoms with Gasteiger partial charge in [0.15, 0.2) is 0 Å². The van der Waals surface area contributed by atoms with Crippen LogP contribution in [0.3, 0.4) is 0 Å². The van der Waals surface area contributed by atoms with Crippen molar-refractivity contribution < 1.29 is 4.11 Å². The van der Waals surface area contributed by atoms with Gasteiger partial charge in [0.05, 0.1) is 4.11 Å². The van der Waals surface area contributed by atoms with Crippen molar-refractivity contribution in [2.24, 2.45) is 0 Å². The van der Waals surface area contributed by atoms with Gasteiger partial charge in [0, 0.05) is 46.9 Å². The summed E-state index contributed by atoms with van der Waals surface area (Å²) in [5, 5.41) is 3.51.